The van der Waals surface area contributed by atoms with Gasteiger partial charge in [-0.25, -0.2) is 5.01 Å². The Morgan fingerprint density at radius 1 is 0.829 bits per heavy atom. The minimum absolute atomic E-state index is 0.00894. The number of Topliss-reactive ketones (excluding diaryl/α,β-unsaturated/α-hetero) is 1. The Morgan fingerprint density at radius 3 is 1.97 bits per heavy atom. The lowest BCUT2D eigenvalue weighted by Gasteiger charge is -2.37. The average molecular weight is 530 g/mol. The first-order valence-corrected chi connectivity index (χ1v) is 12.5. The van der Waals surface area contributed by atoms with Crippen LogP contribution in [0.5, 0.6) is 0 Å². The van der Waals surface area contributed by atoms with Gasteiger partial charge in [-0.05, 0) is 72.6 Å². The molecule has 6 nitrogen and oxygen atoms in total. The van der Waals surface area contributed by atoms with Gasteiger partial charge in [0, 0.05) is 16.1 Å². The molecule has 2 aromatic carbocycles. The number of hydrogen-bond donors (Lipinski definition) is 0. The number of rotatable bonds is 5. The summed E-state index contributed by atoms with van der Waals surface area (Å²) in [5, 5.41) is 2.74. The molecule has 9 heteroatoms. The van der Waals surface area contributed by atoms with Gasteiger partial charge in [0.2, 0.25) is 0 Å². The van der Waals surface area contributed by atoms with Crippen molar-refractivity contribution in [2.24, 2.45) is 35.5 Å². The van der Waals surface area contributed by atoms with Crippen LogP contribution in [0.3, 0.4) is 0 Å². The van der Waals surface area contributed by atoms with Crippen LogP contribution in [-0.4, -0.2) is 40.1 Å². The van der Waals surface area contributed by atoms with Gasteiger partial charge in [-0.1, -0.05) is 47.0 Å². The maximum absolute atomic E-state index is 13.7. The van der Waals surface area contributed by atoms with Crippen LogP contribution in [0.2, 0.25) is 15.1 Å². The third-order valence-electron chi connectivity index (χ3n) is 7.74. The first-order valence-electron chi connectivity index (χ1n) is 11.4. The largest absolute Gasteiger partial charge is 0.292 e. The molecule has 0 N–H and O–H groups in total. The molecule has 7 rings (SSSR count). The quantitative estimate of drug-likeness (QED) is 0.312. The van der Waals surface area contributed by atoms with Gasteiger partial charge in [-0.3, -0.25) is 19.2 Å². The van der Waals surface area contributed by atoms with Crippen molar-refractivity contribution in [1.29, 1.82) is 0 Å². The van der Waals surface area contributed by atoms with E-state index >= 15 is 0 Å². The van der Waals surface area contributed by atoms with Crippen LogP contribution in [0.1, 0.15) is 27.1 Å². The van der Waals surface area contributed by atoms with E-state index in [2.05, 4.69) is 12.2 Å². The summed E-state index contributed by atoms with van der Waals surface area (Å²) in [7, 11) is 0. The molecule has 0 radical (unpaired) electrons. The maximum atomic E-state index is 13.7. The number of imide groups is 1. The predicted molar refractivity (Wildman–Crippen MR) is 130 cm³/mol. The van der Waals surface area contributed by atoms with E-state index < -0.39 is 41.9 Å². The summed E-state index contributed by atoms with van der Waals surface area (Å²) in [5.74, 6) is -2.17. The van der Waals surface area contributed by atoms with Crippen LogP contribution in [0.25, 0.3) is 0 Å². The number of amides is 3. The van der Waals surface area contributed by atoms with Gasteiger partial charge < -0.3 is 0 Å². The number of carbonyl (C=O) groups is 4. The van der Waals surface area contributed by atoms with E-state index in [4.69, 9.17) is 34.8 Å². The van der Waals surface area contributed by atoms with E-state index in [1.165, 1.54) is 30.3 Å². The number of halogens is 3. The van der Waals surface area contributed by atoms with Gasteiger partial charge in [0.25, 0.3) is 17.7 Å². The van der Waals surface area contributed by atoms with Gasteiger partial charge in [0.1, 0.15) is 6.54 Å². The smallest absolute Gasteiger partial charge is 0.273 e. The van der Waals surface area contributed by atoms with Crippen molar-refractivity contribution in [1.82, 2.24) is 10.0 Å². The normalized spacial score (nSPS) is 29.7. The predicted octanol–water partition coefficient (Wildman–Crippen LogP) is 4.94. The van der Waals surface area contributed by atoms with Gasteiger partial charge >= 0.3 is 0 Å². The summed E-state index contributed by atoms with van der Waals surface area (Å²) in [6.07, 6.45) is 5.13. The van der Waals surface area contributed by atoms with Crippen molar-refractivity contribution >= 4 is 58.3 Å². The first kappa shape index (κ1) is 22.8. The standard InChI is InChI=1S/C26H19Cl3N2O4/c27-14-4-1-12(2-5-14)21(32)11-30(24(33)13-3-8-19(28)20(29)9-13)31-25(34)22-15-6-7-16(18-10-17(15)18)23(22)26(31)35/h1-9,15-18,22-23H,10-11H2/t15-,16-,17-,18+,22-,23+/m0/s1. The molecule has 3 amide bonds. The van der Waals surface area contributed by atoms with Crippen molar-refractivity contribution in [3.8, 4) is 0 Å². The minimum Gasteiger partial charge on any atom is -0.292 e. The molecule has 0 unspecified atom stereocenters. The summed E-state index contributed by atoms with van der Waals surface area (Å²) in [6, 6.07) is 10.5. The molecule has 0 spiro atoms. The molecular formula is C26H19Cl3N2O4. The van der Waals surface area contributed by atoms with Crippen molar-refractivity contribution < 1.29 is 19.2 Å². The van der Waals surface area contributed by atoms with Crippen molar-refractivity contribution in [3.05, 3.63) is 80.8 Å². The minimum atomic E-state index is -0.684. The number of hydrazine groups is 1. The summed E-state index contributed by atoms with van der Waals surface area (Å²) < 4.78 is 0. The van der Waals surface area contributed by atoms with Gasteiger partial charge in [0.05, 0.1) is 21.9 Å². The highest BCUT2D eigenvalue weighted by Crippen LogP contribution is 2.65. The Balaban J connectivity index is 1.37. The fraction of sp³-hybridized carbons (Fsp3) is 0.308. The summed E-state index contributed by atoms with van der Waals surface area (Å²) >= 11 is 18.1. The molecule has 3 fully saturated rings. The van der Waals surface area contributed by atoms with E-state index in [9.17, 15) is 19.2 Å². The van der Waals surface area contributed by atoms with Crippen LogP contribution >= 0.6 is 34.8 Å². The van der Waals surface area contributed by atoms with Crippen LogP contribution in [-0.2, 0) is 9.59 Å². The molecule has 35 heavy (non-hydrogen) atoms. The van der Waals surface area contributed by atoms with Crippen molar-refractivity contribution in [3.63, 3.8) is 0 Å². The Kier molecular flexibility index (Phi) is 5.33. The summed E-state index contributed by atoms with van der Waals surface area (Å²) in [5.41, 5.74) is 0.420. The second kappa shape index (κ2) is 8.19. The highest BCUT2D eigenvalue weighted by molar-refractivity contribution is 6.42. The maximum Gasteiger partial charge on any atom is 0.273 e. The van der Waals surface area contributed by atoms with Gasteiger partial charge in [-0.2, -0.15) is 5.01 Å². The average Bonchev–Trinajstić information content (AvgIpc) is 3.63. The Hall–Kier alpha value is -2.67. The molecule has 1 aliphatic heterocycles. The van der Waals surface area contributed by atoms with Crippen LogP contribution in [0.4, 0.5) is 0 Å². The monoisotopic (exact) mass is 528 g/mol. The highest BCUT2D eigenvalue weighted by Gasteiger charge is 2.68. The number of ketones is 1. The number of nitrogens with zero attached hydrogens (tertiary/aromatic N) is 2. The van der Waals surface area contributed by atoms with E-state index in [-0.39, 0.29) is 27.4 Å². The fourth-order valence-electron chi connectivity index (χ4n) is 6.05. The van der Waals surface area contributed by atoms with E-state index in [1.54, 1.807) is 12.1 Å². The Morgan fingerprint density at radius 2 is 1.40 bits per heavy atom. The molecule has 5 aliphatic rings. The van der Waals surface area contributed by atoms with Crippen molar-refractivity contribution in [2.75, 3.05) is 6.54 Å². The molecule has 2 saturated carbocycles. The van der Waals surface area contributed by atoms with Crippen LogP contribution in [0.15, 0.2) is 54.6 Å². The number of carbonyl (C=O) groups excluding carboxylic acids is 4. The number of allylic oxidation sites excluding steroid dienone is 2. The SMILES string of the molecule is O=C(CN(C(=O)c1ccc(Cl)c(Cl)c1)N1C(=O)[C@@H]2[C@H]3C=C[C@@H]([C@@H]4C[C@H]34)[C@@H]2C1=O)c1ccc(Cl)cc1. The zero-order valence-electron chi connectivity index (χ0n) is 18.2. The van der Waals surface area contributed by atoms with E-state index in [0.717, 1.165) is 16.4 Å². The second-order valence-electron chi connectivity index (χ2n) is 9.56. The van der Waals surface area contributed by atoms with E-state index in [1.807, 2.05) is 0 Å². The molecule has 178 valence electrons. The van der Waals surface area contributed by atoms with Crippen molar-refractivity contribution in [2.45, 2.75) is 6.42 Å². The van der Waals surface area contributed by atoms with Crippen LogP contribution < -0.4 is 0 Å². The van der Waals surface area contributed by atoms with Crippen LogP contribution in [0, 0.1) is 35.5 Å². The van der Waals surface area contributed by atoms with E-state index in [0.29, 0.717) is 22.4 Å². The first-order chi connectivity index (χ1) is 16.8. The fourth-order valence-corrected chi connectivity index (χ4v) is 6.48. The zero-order valence-corrected chi connectivity index (χ0v) is 20.5. The number of benzene rings is 2. The Bertz CT molecular complexity index is 1290. The lowest BCUT2D eigenvalue weighted by atomic mass is 9.63. The lowest BCUT2D eigenvalue weighted by Crippen LogP contribution is -2.52. The third-order valence-corrected chi connectivity index (χ3v) is 8.73. The summed E-state index contributed by atoms with van der Waals surface area (Å²) in [6.45, 7) is -0.493. The molecule has 1 heterocycles. The molecule has 4 aliphatic carbocycles. The summed E-state index contributed by atoms with van der Waals surface area (Å²) in [4.78, 5) is 54.1. The number of hydrogen-bond acceptors (Lipinski definition) is 4. The zero-order chi connectivity index (χ0) is 24.6. The molecule has 6 atom stereocenters. The van der Waals surface area contributed by atoms with Gasteiger partial charge in [-0.15, -0.1) is 0 Å². The highest BCUT2D eigenvalue weighted by atomic mass is 35.5. The van der Waals surface area contributed by atoms with Gasteiger partial charge in [0.15, 0.2) is 5.78 Å². The topological polar surface area (TPSA) is 74.8 Å². The molecular weight excluding hydrogens is 511 g/mol. The third kappa shape index (κ3) is 3.53. The molecule has 1 saturated heterocycles. The Labute approximate surface area is 216 Å². The molecule has 2 aromatic rings. The second-order valence-corrected chi connectivity index (χ2v) is 10.8. The molecule has 2 bridgehead atoms. The lowest BCUT2D eigenvalue weighted by molar-refractivity contribution is -0.154. The molecule has 0 aromatic heterocycles.